The van der Waals surface area contributed by atoms with Gasteiger partial charge in [-0.2, -0.15) is 0 Å². The van der Waals surface area contributed by atoms with Gasteiger partial charge in [0.25, 0.3) is 0 Å². The van der Waals surface area contributed by atoms with E-state index in [4.69, 9.17) is 0 Å². The highest BCUT2D eigenvalue weighted by molar-refractivity contribution is 5.87. The molecule has 4 nitrogen and oxygen atoms in total. The fraction of sp³-hybridized carbons (Fsp3) is 0.857. The molecule has 1 saturated heterocycles. The summed E-state index contributed by atoms with van der Waals surface area (Å²) in [6, 6.07) is 0.0238. The van der Waals surface area contributed by atoms with Crippen molar-refractivity contribution in [2.75, 3.05) is 13.1 Å². The van der Waals surface area contributed by atoms with Gasteiger partial charge in [0.2, 0.25) is 11.8 Å². The molecule has 0 aliphatic carbocycles. The van der Waals surface area contributed by atoms with Crippen LogP contribution in [0.2, 0.25) is 0 Å². The number of carbonyl (C=O) groups is 2. The number of amides is 2. The molecule has 2 amide bonds. The molecule has 1 rings (SSSR count). The first-order valence-corrected chi connectivity index (χ1v) is 7.14. The number of rotatable bonds is 6. The van der Waals surface area contributed by atoms with Crippen molar-refractivity contribution in [1.29, 1.82) is 0 Å². The summed E-state index contributed by atoms with van der Waals surface area (Å²) >= 11 is 0. The predicted octanol–water partition coefficient (Wildman–Crippen LogP) is 1.94. The lowest BCUT2D eigenvalue weighted by Gasteiger charge is -2.30. The van der Waals surface area contributed by atoms with E-state index in [1.54, 1.807) is 0 Å². The van der Waals surface area contributed by atoms with E-state index < -0.39 is 0 Å². The van der Waals surface area contributed by atoms with Crippen LogP contribution in [-0.2, 0) is 9.59 Å². The lowest BCUT2D eigenvalue weighted by molar-refractivity contribution is -0.132. The summed E-state index contributed by atoms with van der Waals surface area (Å²) in [6.45, 7) is 7.29. The third-order valence-electron chi connectivity index (χ3n) is 3.77. The molecule has 1 aliphatic heterocycles. The Morgan fingerprint density at radius 1 is 1.39 bits per heavy atom. The monoisotopic (exact) mass is 254 g/mol. The molecular weight excluding hydrogens is 228 g/mol. The smallest absolute Gasteiger partial charge is 0.242 e. The van der Waals surface area contributed by atoms with E-state index in [-0.39, 0.29) is 24.4 Å². The topological polar surface area (TPSA) is 49.4 Å². The molecule has 0 radical (unpaired) electrons. The van der Waals surface area contributed by atoms with Crippen molar-refractivity contribution < 1.29 is 9.59 Å². The Hall–Kier alpha value is -1.06. The average Bonchev–Trinajstić information content (AvgIpc) is 2.46. The molecule has 1 aliphatic rings. The van der Waals surface area contributed by atoms with Gasteiger partial charge in [-0.3, -0.25) is 9.59 Å². The Bertz CT molecular complexity index is 292. The van der Waals surface area contributed by atoms with Crippen molar-refractivity contribution in [2.45, 2.75) is 58.9 Å². The molecule has 1 N–H and O–H groups in total. The number of nitrogens with zero attached hydrogens (tertiary/aromatic N) is 1. The average molecular weight is 254 g/mol. The zero-order valence-electron chi connectivity index (χ0n) is 11.9. The first-order chi connectivity index (χ1) is 8.58. The maximum absolute atomic E-state index is 12.0. The second kappa shape index (κ2) is 7.39. The predicted molar refractivity (Wildman–Crippen MR) is 72.1 cm³/mol. The van der Waals surface area contributed by atoms with Gasteiger partial charge < -0.3 is 10.2 Å². The van der Waals surface area contributed by atoms with Crippen molar-refractivity contribution in [3.05, 3.63) is 0 Å². The van der Waals surface area contributed by atoms with Gasteiger partial charge in [0.15, 0.2) is 0 Å². The second-order valence-electron chi connectivity index (χ2n) is 5.29. The Morgan fingerprint density at radius 2 is 2.11 bits per heavy atom. The summed E-state index contributed by atoms with van der Waals surface area (Å²) in [6.07, 6.45) is 5.10. The van der Waals surface area contributed by atoms with Gasteiger partial charge >= 0.3 is 0 Å². The standard InChI is InChI=1S/C14H26N2O2/c1-4-6-7-12(5-2)10-16-11(3)8-13(17)15-9-14(16)18/h11-12H,4-10H2,1-3H3,(H,15,17). The van der Waals surface area contributed by atoms with E-state index in [1.807, 2.05) is 11.8 Å². The van der Waals surface area contributed by atoms with Crippen molar-refractivity contribution in [3.8, 4) is 0 Å². The highest BCUT2D eigenvalue weighted by atomic mass is 16.2. The summed E-state index contributed by atoms with van der Waals surface area (Å²) < 4.78 is 0. The van der Waals surface area contributed by atoms with E-state index in [1.165, 1.54) is 19.3 Å². The molecule has 0 saturated carbocycles. The van der Waals surface area contributed by atoms with Gasteiger partial charge in [0.1, 0.15) is 0 Å². The Labute approximate surface area is 110 Å². The molecular formula is C14H26N2O2. The normalized spacial score (nSPS) is 22.6. The molecule has 0 aromatic carbocycles. The molecule has 1 heterocycles. The molecule has 2 atom stereocenters. The number of hydrogen-bond donors (Lipinski definition) is 1. The fourth-order valence-corrected chi connectivity index (χ4v) is 2.45. The van der Waals surface area contributed by atoms with E-state index in [2.05, 4.69) is 19.2 Å². The maximum atomic E-state index is 12.0. The van der Waals surface area contributed by atoms with Crippen LogP contribution in [0.1, 0.15) is 52.9 Å². The Balaban J connectivity index is 2.60. The highest BCUT2D eigenvalue weighted by Gasteiger charge is 2.27. The van der Waals surface area contributed by atoms with Crippen molar-refractivity contribution >= 4 is 11.8 Å². The fourth-order valence-electron chi connectivity index (χ4n) is 2.45. The van der Waals surface area contributed by atoms with Crippen LogP contribution >= 0.6 is 0 Å². The molecule has 0 spiro atoms. The largest absolute Gasteiger partial charge is 0.347 e. The summed E-state index contributed by atoms with van der Waals surface area (Å²) in [5, 5.41) is 2.66. The minimum Gasteiger partial charge on any atom is -0.347 e. The summed E-state index contributed by atoms with van der Waals surface area (Å²) in [7, 11) is 0. The molecule has 18 heavy (non-hydrogen) atoms. The SMILES string of the molecule is CCCCC(CC)CN1C(=O)CNC(=O)CC1C. The summed E-state index contributed by atoms with van der Waals surface area (Å²) in [5.74, 6) is 0.604. The number of unbranched alkanes of at least 4 members (excludes halogenated alkanes) is 1. The molecule has 2 unspecified atom stereocenters. The quantitative estimate of drug-likeness (QED) is 0.787. The molecule has 0 aromatic heterocycles. The second-order valence-corrected chi connectivity index (χ2v) is 5.29. The van der Waals surface area contributed by atoms with Crippen molar-refractivity contribution in [2.24, 2.45) is 5.92 Å². The van der Waals surface area contributed by atoms with Gasteiger partial charge in [-0.15, -0.1) is 0 Å². The zero-order chi connectivity index (χ0) is 13.5. The zero-order valence-corrected chi connectivity index (χ0v) is 11.9. The molecule has 4 heteroatoms. The van der Waals surface area contributed by atoms with Gasteiger partial charge in [-0.1, -0.05) is 33.1 Å². The molecule has 0 bridgehead atoms. The Kier molecular flexibility index (Phi) is 6.16. The minimum atomic E-state index is -0.0139. The summed E-state index contributed by atoms with van der Waals surface area (Å²) in [4.78, 5) is 25.3. The number of carbonyl (C=O) groups excluding carboxylic acids is 2. The van der Waals surface area contributed by atoms with Crippen molar-refractivity contribution in [1.82, 2.24) is 10.2 Å². The number of hydrogen-bond acceptors (Lipinski definition) is 2. The lowest BCUT2D eigenvalue weighted by atomic mass is 9.98. The van der Waals surface area contributed by atoms with Crippen LogP contribution in [0.3, 0.4) is 0 Å². The van der Waals surface area contributed by atoms with Gasteiger partial charge in [-0.25, -0.2) is 0 Å². The van der Waals surface area contributed by atoms with Crippen LogP contribution in [0, 0.1) is 5.92 Å². The van der Waals surface area contributed by atoms with Crippen LogP contribution in [0.25, 0.3) is 0 Å². The molecule has 0 aromatic rings. The van der Waals surface area contributed by atoms with Crippen LogP contribution in [0.5, 0.6) is 0 Å². The van der Waals surface area contributed by atoms with Gasteiger partial charge in [0.05, 0.1) is 6.54 Å². The van der Waals surface area contributed by atoms with E-state index in [0.29, 0.717) is 12.3 Å². The van der Waals surface area contributed by atoms with Crippen LogP contribution in [0.4, 0.5) is 0 Å². The Morgan fingerprint density at radius 3 is 2.72 bits per heavy atom. The van der Waals surface area contributed by atoms with E-state index >= 15 is 0 Å². The minimum absolute atomic E-state index is 0.0139. The third-order valence-corrected chi connectivity index (χ3v) is 3.77. The third kappa shape index (κ3) is 4.31. The van der Waals surface area contributed by atoms with Gasteiger partial charge in [0, 0.05) is 19.0 Å². The van der Waals surface area contributed by atoms with Crippen LogP contribution in [-0.4, -0.2) is 35.8 Å². The van der Waals surface area contributed by atoms with E-state index in [0.717, 1.165) is 13.0 Å². The van der Waals surface area contributed by atoms with Crippen LogP contribution < -0.4 is 5.32 Å². The van der Waals surface area contributed by atoms with Crippen molar-refractivity contribution in [3.63, 3.8) is 0 Å². The van der Waals surface area contributed by atoms with Crippen LogP contribution in [0.15, 0.2) is 0 Å². The number of nitrogens with one attached hydrogen (secondary N) is 1. The summed E-state index contributed by atoms with van der Waals surface area (Å²) in [5.41, 5.74) is 0. The first kappa shape index (κ1) is 15.0. The molecule has 1 fully saturated rings. The van der Waals surface area contributed by atoms with E-state index in [9.17, 15) is 9.59 Å². The van der Waals surface area contributed by atoms with Gasteiger partial charge in [-0.05, 0) is 19.3 Å². The highest BCUT2D eigenvalue weighted by Crippen LogP contribution is 2.18. The maximum Gasteiger partial charge on any atom is 0.242 e. The lowest BCUT2D eigenvalue weighted by Crippen LogP contribution is -2.42. The molecule has 104 valence electrons. The first-order valence-electron chi connectivity index (χ1n) is 7.14.